The van der Waals surface area contributed by atoms with E-state index in [0.29, 0.717) is 16.4 Å². The van der Waals surface area contributed by atoms with Gasteiger partial charge in [0.15, 0.2) is 0 Å². The zero-order chi connectivity index (χ0) is 15.1. The molecule has 110 valence electrons. The number of carbonyl (C=O) groups is 1. The number of nitrogens with zero attached hydrogens (tertiary/aromatic N) is 2. The average molecular weight is 308 g/mol. The number of amides is 1. The predicted molar refractivity (Wildman–Crippen MR) is 79.1 cm³/mol. The van der Waals surface area contributed by atoms with E-state index >= 15 is 0 Å². The fourth-order valence-electron chi connectivity index (χ4n) is 2.69. The number of aromatic nitrogens is 2. The second-order valence-corrected chi connectivity index (χ2v) is 5.89. The Morgan fingerprint density at radius 1 is 1.43 bits per heavy atom. The van der Waals surface area contributed by atoms with Crippen molar-refractivity contribution in [1.29, 1.82) is 0 Å². The summed E-state index contributed by atoms with van der Waals surface area (Å²) in [5.74, 6) is -0.220. The summed E-state index contributed by atoms with van der Waals surface area (Å²) in [7, 11) is 0. The fraction of sp³-hybridized carbons (Fsp3) is 0.333. The lowest BCUT2D eigenvalue weighted by Crippen LogP contribution is -2.25. The van der Waals surface area contributed by atoms with Gasteiger partial charge in [-0.25, -0.2) is 9.07 Å². The lowest BCUT2D eigenvalue weighted by Gasteiger charge is -2.25. The highest BCUT2D eigenvalue weighted by Crippen LogP contribution is 2.39. The lowest BCUT2D eigenvalue weighted by molar-refractivity contribution is -0.116. The summed E-state index contributed by atoms with van der Waals surface area (Å²) >= 11 is 5.97. The van der Waals surface area contributed by atoms with E-state index in [1.54, 1.807) is 16.9 Å². The van der Waals surface area contributed by atoms with Gasteiger partial charge >= 0.3 is 0 Å². The first-order chi connectivity index (χ1) is 9.97. The third-order valence-electron chi connectivity index (χ3n) is 3.67. The Morgan fingerprint density at radius 3 is 2.90 bits per heavy atom. The Bertz CT molecular complexity index is 711. The van der Waals surface area contributed by atoms with Crippen LogP contribution in [-0.4, -0.2) is 15.7 Å². The molecule has 0 fully saturated rings. The van der Waals surface area contributed by atoms with Crippen molar-refractivity contribution in [3.63, 3.8) is 0 Å². The van der Waals surface area contributed by atoms with Crippen LogP contribution in [0.1, 0.15) is 43.4 Å². The van der Waals surface area contributed by atoms with Crippen molar-refractivity contribution in [3.05, 3.63) is 46.4 Å². The smallest absolute Gasteiger partial charge is 0.226 e. The quantitative estimate of drug-likeness (QED) is 0.919. The maximum absolute atomic E-state index is 14.1. The Morgan fingerprint density at radius 2 is 2.19 bits per heavy atom. The van der Waals surface area contributed by atoms with Crippen LogP contribution in [0.5, 0.6) is 0 Å². The summed E-state index contributed by atoms with van der Waals surface area (Å²) in [6, 6.07) is 4.52. The first kappa shape index (κ1) is 14.1. The van der Waals surface area contributed by atoms with Crippen LogP contribution >= 0.6 is 11.6 Å². The third kappa shape index (κ3) is 2.42. The minimum atomic E-state index is -0.361. The first-order valence-corrected chi connectivity index (χ1v) is 7.17. The molecule has 1 aromatic heterocycles. The Hall–Kier alpha value is -1.88. The highest BCUT2D eigenvalue weighted by atomic mass is 35.5. The van der Waals surface area contributed by atoms with Gasteiger partial charge in [-0.05, 0) is 37.6 Å². The second kappa shape index (κ2) is 5.15. The van der Waals surface area contributed by atoms with Crippen molar-refractivity contribution in [2.45, 2.75) is 32.2 Å². The number of anilines is 1. The average Bonchev–Trinajstić information content (AvgIpc) is 2.84. The molecule has 0 saturated carbocycles. The topological polar surface area (TPSA) is 46.9 Å². The molecule has 3 rings (SSSR count). The number of benzene rings is 1. The normalized spacial score (nSPS) is 17.8. The molecule has 0 aliphatic carbocycles. The summed E-state index contributed by atoms with van der Waals surface area (Å²) in [6.07, 6.45) is 1.88. The van der Waals surface area contributed by atoms with E-state index in [0.717, 1.165) is 5.56 Å². The Kier molecular flexibility index (Phi) is 3.45. The summed E-state index contributed by atoms with van der Waals surface area (Å²) in [4.78, 5) is 12.0. The van der Waals surface area contributed by atoms with Crippen LogP contribution in [0.4, 0.5) is 10.2 Å². The van der Waals surface area contributed by atoms with Gasteiger partial charge in [0.1, 0.15) is 11.6 Å². The number of hydrogen-bond donors (Lipinski definition) is 1. The first-order valence-electron chi connectivity index (χ1n) is 6.79. The van der Waals surface area contributed by atoms with Crippen LogP contribution in [0.25, 0.3) is 0 Å². The van der Waals surface area contributed by atoms with Gasteiger partial charge in [-0.15, -0.1) is 0 Å². The zero-order valence-electron chi connectivity index (χ0n) is 11.7. The van der Waals surface area contributed by atoms with Gasteiger partial charge < -0.3 is 5.32 Å². The van der Waals surface area contributed by atoms with Crippen LogP contribution in [0, 0.1) is 5.82 Å². The molecule has 1 aromatic carbocycles. The Labute approximate surface area is 126 Å². The highest BCUT2D eigenvalue weighted by molar-refractivity contribution is 6.30. The van der Waals surface area contributed by atoms with E-state index < -0.39 is 0 Å². The maximum atomic E-state index is 14.1. The number of fused-ring (bicyclic) bond motifs is 1. The Balaban J connectivity index is 2.13. The zero-order valence-corrected chi connectivity index (χ0v) is 12.5. The van der Waals surface area contributed by atoms with Crippen LogP contribution in [-0.2, 0) is 4.79 Å². The molecule has 1 amide bonds. The van der Waals surface area contributed by atoms with E-state index in [-0.39, 0.29) is 30.1 Å². The molecule has 0 unspecified atom stereocenters. The van der Waals surface area contributed by atoms with E-state index in [4.69, 9.17) is 11.6 Å². The van der Waals surface area contributed by atoms with E-state index in [9.17, 15) is 9.18 Å². The monoisotopic (exact) mass is 307 g/mol. The van der Waals surface area contributed by atoms with Crippen molar-refractivity contribution >= 4 is 23.3 Å². The van der Waals surface area contributed by atoms with Gasteiger partial charge in [0.25, 0.3) is 0 Å². The molecule has 4 nitrogen and oxygen atoms in total. The van der Waals surface area contributed by atoms with E-state index in [2.05, 4.69) is 10.4 Å². The van der Waals surface area contributed by atoms with Gasteiger partial charge in [-0.2, -0.15) is 5.10 Å². The summed E-state index contributed by atoms with van der Waals surface area (Å²) in [6.45, 7) is 3.95. The van der Waals surface area contributed by atoms with Crippen molar-refractivity contribution in [2.75, 3.05) is 5.32 Å². The molecule has 1 N–H and O–H groups in total. The van der Waals surface area contributed by atoms with Gasteiger partial charge in [0.05, 0.1) is 6.20 Å². The van der Waals surface area contributed by atoms with Crippen molar-refractivity contribution in [2.24, 2.45) is 0 Å². The molecule has 1 atom stereocenters. The SMILES string of the molecule is CC(C)n1ncc2c1NC(=O)C[C@@H]2c1cc(Cl)ccc1F. The van der Waals surface area contributed by atoms with Crippen molar-refractivity contribution < 1.29 is 9.18 Å². The van der Waals surface area contributed by atoms with Gasteiger partial charge in [-0.3, -0.25) is 4.79 Å². The van der Waals surface area contributed by atoms with Gasteiger partial charge in [-0.1, -0.05) is 11.6 Å². The number of carbonyl (C=O) groups excluding carboxylic acids is 1. The molecule has 2 aromatic rings. The molecule has 0 bridgehead atoms. The summed E-state index contributed by atoms with van der Waals surface area (Å²) < 4.78 is 15.9. The standard InChI is InChI=1S/C15H15ClFN3O/c1-8(2)20-15-12(7-18-20)10(6-14(21)19-15)11-5-9(16)3-4-13(11)17/h3-5,7-8,10H,6H2,1-2H3,(H,19,21)/t10-/m1/s1. The highest BCUT2D eigenvalue weighted by Gasteiger charge is 2.32. The molecule has 6 heteroatoms. The van der Waals surface area contributed by atoms with Crippen LogP contribution < -0.4 is 5.32 Å². The lowest BCUT2D eigenvalue weighted by atomic mass is 9.87. The summed E-state index contributed by atoms with van der Waals surface area (Å²) in [5.41, 5.74) is 1.26. The minimum absolute atomic E-state index is 0.108. The summed E-state index contributed by atoms with van der Waals surface area (Å²) in [5, 5.41) is 7.59. The van der Waals surface area contributed by atoms with Gasteiger partial charge in [0.2, 0.25) is 5.91 Å². The fourth-order valence-corrected chi connectivity index (χ4v) is 2.87. The van der Waals surface area contributed by atoms with Crippen LogP contribution in [0.3, 0.4) is 0 Å². The molecule has 0 spiro atoms. The molecule has 2 heterocycles. The molecular formula is C15H15ClFN3O. The van der Waals surface area contributed by atoms with Crippen LogP contribution in [0.15, 0.2) is 24.4 Å². The van der Waals surface area contributed by atoms with Crippen molar-refractivity contribution in [1.82, 2.24) is 9.78 Å². The number of rotatable bonds is 2. The van der Waals surface area contributed by atoms with Gasteiger partial charge in [0, 0.05) is 29.0 Å². The minimum Gasteiger partial charge on any atom is -0.311 e. The maximum Gasteiger partial charge on any atom is 0.226 e. The number of halogens is 2. The molecular weight excluding hydrogens is 293 g/mol. The van der Waals surface area contributed by atoms with Crippen molar-refractivity contribution in [3.8, 4) is 0 Å². The molecule has 0 radical (unpaired) electrons. The number of nitrogens with one attached hydrogen (secondary N) is 1. The third-order valence-corrected chi connectivity index (χ3v) is 3.90. The number of hydrogen-bond acceptors (Lipinski definition) is 2. The second-order valence-electron chi connectivity index (χ2n) is 5.46. The molecule has 1 aliphatic heterocycles. The predicted octanol–water partition coefficient (Wildman–Crippen LogP) is 3.73. The largest absolute Gasteiger partial charge is 0.311 e. The molecule has 1 aliphatic rings. The van der Waals surface area contributed by atoms with E-state index in [1.165, 1.54) is 12.1 Å². The molecule has 0 saturated heterocycles. The van der Waals surface area contributed by atoms with E-state index in [1.807, 2.05) is 13.8 Å². The molecule has 21 heavy (non-hydrogen) atoms. The van der Waals surface area contributed by atoms with Crippen LogP contribution in [0.2, 0.25) is 5.02 Å².